The number of hydrogen-bond acceptors (Lipinski definition) is 8. The highest BCUT2D eigenvalue weighted by Gasteiger charge is 2.26. The summed E-state index contributed by atoms with van der Waals surface area (Å²) >= 11 is 0. The Morgan fingerprint density at radius 3 is 0.824 bits per heavy atom. The molecule has 0 aliphatic carbocycles. The highest BCUT2D eigenvalue weighted by molar-refractivity contribution is 7.47. The van der Waals surface area contributed by atoms with Crippen LogP contribution in [-0.2, 0) is 32.7 Å². The van der Waals surface area contributed by atoms with Gasteiger partial charge in [-0.3, -0.25) is 18.6 Å². The maximum absolute atomic E-state index is 12.7. The van der Waals surface area contributed by atoms with Crippen molar-refractivity contribution in [2.45, 2.75) is 373 Å². The highest BCUT2D eigenvalue weighted by Crippen LogP contribution is 2.43. The molecule has 10 heteroatoms. The van der Waals surface area contributed by atoms with Crippen molar-refractivity contribution in [3.8, 4) is 0 Å². The Morgan fingerprint density at radius 2 is 0.581 bits per heavy atom. The van der Waals surface area contributed by atoms with E-state index in [2.05, 4.69) is 13.8 Å². The Bertz CT molecular complexity index is 1170. The molecule has 0 aromatic rings. The van der Waals surface area contributed by atoms with Gasteiger partial charge in [0.05, 0.1) is 13.2 Å². The third-order valence-corrected chi connectivity index (χ3v) is 16.2. The van der Waals surface area contributed by atoms with Crippen molar-refractivity contribution in [2.24, 2.45) is 5.73 Å². The zero-order valence-electron chi connectivity index (χ0n) is 49.6. The summed E-state index contributed by atoms with van der Waals surface area (Å²) in [6.45, 7) is 3.83. The molecular weight excluding hydrogens is 942 g/mol. The predicted molar refractivity (Wildman–Crippen MR) is 317 cm³/mol. The van der Waals surface area contributed by atoms with Gasteiger partial charge in [-0.05, 0) is 12.8 Å². The molecule has 9 nitrogen and oxygen atoms in total. The maximum Gasteiger partial charge on any atom is 0.472 e. The number of hydrogen-bond donors (Lipinski definition) is 2. The van der Waals surface area contributed by atoms with Crippen LogP contribution in [0.15, 0.2) is 0 Å². The Labute approximate surface area is 460 Å². The van der Waals surface area contributed by atoms with E-state index in [1.165, 1.54) is 302 Å². The molecule has 0 fully saturated rings. The second-order valence-corrected chi connectivity index (χ2v) is 24.2. The first-order chi connectivity index (χ1) is 36.3. The molecule has 0 bridgehead atoms. The summed E-state index contributed by atoms with van der Waals surface area (Å²) in [6.07, 6.45) is 70.6. The fourth-order valence-corrected chi connectivity index (χ4v) is 11.1. The van der Waals surface area contributed by atoms with Crippen LogP contribution in [0.5, 0.6) is 0 Å². The van der Waals surface area contributed by atoms with Crippen molar-refractivity contribution in [1.82, 2.24) is 0 Å². The number of rotatable bonds is 64. The number of esters is 2. The number of unbranched alkanes of at least 4 members (excludes halogenated alkanes) is 51. The molecule has 74 heavy (non-hydrogen) atoms. The van der Waals surface area contributed by atoms with Gasteiger partial charge in [0, 0.05) is 19.4 Å². The lowest BCUT2D eigenvalue weighted by Crippen LogP contribution is -2.29. The van der Waals surface area contributed by atoms with Crippen molar-refractivity contribution in [3.63, 3.8) is 0 Å². The van der Waals surface area contributed by atoms with Gasteiger partial charge in [-0.15, -0.1) is 0 Å². The Morgan fingerprint density at radius 1 is 0.351 bits per heavy atom. The first-order valence-electron chi connectivity index (χ1n) is 33.0. The summed E-state index contributed by atoms with van der Waals surface area (Å²) in [5.74, 6) is -0.800. The minimum atomic E-state index is -4.38. The van der Waals surface area contributed by atoms with E-state index in [1.54, 1.807) is 0 Å². The molecule has 0 rings (SSSR count). The lowest BCUT2D eigenvalue weighted by atomic mass is 10.0. The molecular formula is C64H128NO8P. The maximum atomic E-state index is 12.7. The molecule has 2 unspecified atom stereocenters. The SMILES string of the molecule is CCCCCCCCCCCCCCCCCCCCCCCCCCCCCCCCCCCCC(=O)OC(COC(=O)CCCCCCCCCCCCCCCCCCCCC)COP(=O)(O)OCCN. The fourth-order valence-electron chi connectivity index (χ4n) is 10.3. The van der Waals surface area contributed by atoms with Gasteiger partial charge in [0.1, 0.15) is 6.61 Å². The lowest BCUT2D eigenvalue weighted by molar-refractivity contribution is -0.161. The molecule has 0 aliphatic rings. The van der Waals surface area contributed by atoms with E-state index >= 15 is 0 Å². The van der Waals surface area contributed by atoms with Crippen LogP contribution in [0.25, 0.3) is 0 Å². The number of ether oxygens (including phenoxy) is 2. The summed E-state index contributed by atoms with van der Waals surface area (Å²) in [5, 5.41) is 0. The molecule has 442 valence electrons. The van der Waals surface area contributed by atoms with Crippen LogP contribution in [-0.4, -0.2) is 49.3 Å². The molecule has 0 amide bonds. The highest BCUT2D eigenvalue weighted by atomic mass is 31.2. The predicted octanol–water partition coefficient (Wildman–Crippen LogP) is 21.0. The summed E-state index contributed by atoms with van der Waals surface area (Å²) in [7, 11) is -4.38. The van der Waals surface area contributed by atoms with Crippen LogP contribution in [0.2, 0.25) is 0 Å². The molecule has 0 aromatic carbocycles. The van der Waals surface area contributed by atoms with Crippen LogP contribution in [0, 0.1) is 0 Å². The van der Waals surface area contributed by atoms with Crippen LogP contribution in [0.4, 0.5) is 0 Å². The van der Waals surface area contributed by atoms with Gasteiger partial charge in [-0.1, -0.05) is 341 Å². The molecule has 0 saturated carbocycles. The normalized spacial score (nSPS) is 12.9. The standard InChI is InChI=1S/C64H128NO8P/c1-3-5-7-9-11-13-15-17-19-21-23-24-25-26-27-28-29-30-31-32-33-34-35-36-37-39-41-43-45-47-49-51-53-55-57-64(67)73-62(61-72-74(68,69)71-59-58-65)60-70-63(66)56-54-52-50-48-46-44-42-40-38-22-20-18-16-14-12-10-8-6-4-2/h62H,3-61,65H2,1-2H3,(H,68,69). The van der Waals surface area contributed by atoms with Crippen molar-refractivity contribution >= 4 is 19.8 Å². The van der Waals surface area contributed by atoms with E-state index in [9.17, 15) is 19.0 Å². The molecule has 3 N–H and O–H groups in total. The number of phosphoric ester groups is 1. The van der Waals surface area contributed by atoms with Gasteiger partial charge in [0.2, 0.25) is 0 Å². The molecule has 0 aromatic heterocycles. The van der Waals surface area contributed by atoms with Gasteiger partial charge >= 0.3 is 19.8 Å². The lowest BCUT2D eigenvalue weighted by Gasteiger charge is -2.19. The van der Waals surface area contributed by atoms with E-state index in [0.717, 1.165) is 32.1 Å². The first kappa shape index (κ1) is 73.0. The molecule has 0 heterocycles. The van der Waals surface area contributed by atoms with Gasteiger partial charge in [-0.2, -0.15) is 0 Å². The smallest absolute Gasteiger partial charge is 0.462 e. The van der Waals surface area contributed by atoms with Gasteiger partial charge < -0.3 is 20.1 Å². The van der Waals surface area contributed by atoms with Crippen LogP contribution < -0.4 is 5.73 Å². The minimum Gasteiger partial charge on any atom is -0.462 e. The molecule has 2 atom stereocenters. The van der Waals surface area contributed by atoms with E-state index < -0.39 is 26.5 Å². The third kappa shape index (κ3) is 60.2. The Hall–Kier alpha value is -0.990. The first-order valence-corrected chi connectivity index (χ1v) is 34.5. The van der Waals surface area contributed by atoms with E-state index in [-0.39, 0.29) is 38.6 Å². The molecule has 0 aliphatic heterocycles. The summed E-state index contributed by atoms with van der Waals surface area (Å²) in [4.78, 5) is 35.2. The van der Waals surface area contributed by atoms with Gasteiger partial charge in [0.25, 0.3) is 0 Å². The number of nitrogens with two attached hydrogens (primary N) is 1. The fraction of sp³-hybridized carbons (Fsp3) is 0.969. The van der Waals surface area contributed by atoms with Crippen LogP contribution in [0.3, 0.4) is 0 Å². The number of phosphoric acid groups is 1. The van der Waals surface area contributed by atoms with Gasteiger partial charge in [0.15, 0.2) is 6.10 Å². The van der Waals surface area contributed by atoms with Crippen molar-refractivity contribution in [3.05, 3.63) is 0 Å². The summed E-state index contributed by atoms with van der Waals surface area (Å²) < 4.78 is 33.1. The van der Waals surface area contributed by atoms with Crippen molar-refractivity contribution in [2.75, 3.05) is 26.4 Å². The molecule has 0 radical (unpaired) electrons. The minimum absolute atomic E-state index is 0.0587. The number of carbonyl (C=O) groups excluding carboxylic acids is 2. The van der Waals surface area contributed by atoms with E-state index in [0.29, 0.717) is 6.42 Å². The Kier molecular flexibility index (Phi) is 60.4. The largest absolute Gasteiger partial charge is 0.472 e. The van der Waals surface area contributed by atoms with Crippen LogP contribution >= 0.6 is 7.82 Å². The number of carbonyl (C=O) groups is 2. The molecule has 0 spiro atoms. The van der Waals surface area contributed by atoms with Crippen LogP contribution in [0.1, 0.15) is 367 Å². The summed E-state index contributed by atoms with van der Waals surface area (Å²) in [5.41, 5.74) is 5.39. The monoisotopic (exact) mass is 1070 g/mol. The molecule has 0 saturated heterocycles. The van der Waals surface area contributed by atoms with Crippen molar-refractivity contribution in [1.29, 1.82) is 0 Å². The van der Waals surface area contributed by atoms with Crippen molar-refractivity contribution < 1.29 is 37.6 Å². The second kappa shape index (κ2) is 61.2. The third-order valence-electron chi connectivity index (χ3n) is 15.2. The quantitative estimate of drug-likeness (QED) is 0.0347. The average Bonchev–Trinajstić information content (AvgIpc) is 3.39. The zero-order valence-corrected chi connectivity index (χ0v) is 50.5. The zero-order chi connectivity index (χ0) is 53.8. The topological polar surface area (TPSA) is 134 Å². The van der Waals surface area contributed by atoms with Gasteiger partial charge in [-0.25, -0.2) is 4.57 Å². The van der Waals surface area contributed by atoms with E-state index in [1.807, 2.05) is 0 Å². The average molecular weight is 1070 g/mol. The van der Waals surface area contributed by atoms with E-state index in [4.69, 9.17) is 24.3 Å². The Balaban J connectivity index is 3.78. The summed E-state index contributed by atoms with van der Waals surface area (Å²) in [6, 6.07) is 0. The second-order valence-electron chi connectivity index (χ2n) is 22.7.